The van der Waals surface area contributed by atoms with Crippen molar-refractivity contribution in [3.05, 3.63) is 54.1 Å². The highest BCUT2D eigenvalue weighted by atomic mass is 79.9. The maximum Gasteiger partial charge on any atom is 0.0731 e. The number of aryl methyl sites for hydroxylation is 2. The molecule has 0 bridgehead atoms. The molecule has 2 rings (SSSR count). The summed E-state index contributed by atoms with van der Waals surface area (Å²) in [6.45, 7) is 7.50. The third kappa shape index (κ3) is 3.94. The van der Waals surface area contributed by atoms with E-state index in [9.17, 15) is 0 Å². The van der Waals surface area contributed by atoms with Gasteiger partial charge in [-0.05, 0) is 77.6 Å². The van der Waals surface area contributed by atoms with Crippen LogP contribution in [0, 0.1) is 13.8 Å². The van der Waals surface area contributed by atoms with Gasteiger partial charge in [-0.3, -0.25) is 0 Å². The van der Waals surface area contributed by atoms with Crippen LogP contribution in [0.15, 0.2) is 32.5 Å². The molecule has 0 saturated carbocycles. The molecule has 0 fully saturated rings. The van der Waals surface area contributed by atoms with E-state index in [4.69, 9.17) is 0 Å². The lowest BCUT2D eigenvalue weighted by atomic mass is 10.0. The molecule has 0 aliphatic carbocycles. The fourth-order valence-corrected chi connectivity index (χ4v) is 4.53. The fourth-order valence-electron chi connectivity index (χ4n) is 2.23. The van der Waals surface area contributed by atoms with Crippen molar-refractivity contribution in [2.45, 2.75) is 33.2 Å². The van der Waals surface area contributed by atoms with Crippen molar-refractivity contribution in [3.8, 4) is 0 Å². The van der Waals surface area contributed by atoms with Crippen molar-refractivity contribution in [1.82, 2.24) is 5.32 Å². The second-order valence-corrected chi connectivity index (χ2v) is 8.37. The molecule has 1 heterocycles. The second kappa shape index (κ2) is 7.21. The zero-order valence-electron chi connectivity index (χ0n) is 12.0. The summed E-state index contributed by atoms with van der Waals surface area (Å²) in [5, 5.41) is 3.67. The summed E-state index contributed by atoms with van der Waals surface area (Å²) in [6.07, 6.45) is 1.13. The minimum Gasteiger partial charge on any atom is -0.306 e. The molecular formula is C16H19Br2NS. The predicted octanol–water partition coefficient (Wildman–Crippen LogP) is 5.98. The van der Waals surface area contributed by atoms with Crippen LogP contribution in [0.25, 0.3) is 0 Å². The Labute approximate surface area is 142 Å². The van der Waals surface area contributed by atoms with Crippen molar-refractivity contribution >= 4 is 43.2 Å². The molecule has 1 aromatic heterocycles. The van der Waals surface area contributed by atoms with Gasteiger partial charge < -0.3 is 5.32 Å². The van der Waals surface area contributed by atoms with Crippen LogP contribution in [0.3, 0.4) is 0 Å². The lowest BCUT2D eigenvalue weighted by Crippen LogP contribution is -2.22. The third-order valence-electron chi connectivity index (χ3n) is 3.16. The fraction of sp³-hybridized carbons (Fsp3) is 0.375. The number of nitrogens with one attached hydrogen (secondary N) is 1. The minimum absolute atomic E-state index is 0.265. The molecule has 0 radical (unpaired) electrons. The minimum atomic E-state index is 0.265. The maximum atomic E-state index is 3.67. The van der Waals surface area contributed by atoms with Gasteiger partial charge in [0.05, 0.1) is 9.83 Å². The topological polar surface area (TPSA) is 12.0 Å². The Hall–Kier alpha value is -0.160. The van der Waals surface area contributed by atoms with Crippen LogP contribution >= 0.6 is 43.2 Å². The molecule has 1 nitrogen and oxygen atoms in total. The smallest absolute Gasteiger partial charge is 0.0731 e. The molecule has 0 spiro atoms. The summed E-state index contributed by atoms with van der Waals surface area (Å²) in [6, 6.07) is 9.17. The van der Waals surface area contributed by atoms with E-state index in [2.05, 4.69) is 82.2 Å². The van der Waals surface area contributed by atoms with Gasteiger partial charge in [0.15, 0.2) is 0 Å². The molecule has 0 amide bonds. The highest BCUT2D eigenvalue weighted by Crippen LogP contribution is 2.35. The first kappa shape index (κ1) is 16.2. The van der Waals surface area contributed by atoms with E-state index in [0.717, 1.165) is 17.4 Å². The quantitative estimate of drug-likeness (QED) is 0.632. The molecule has 1 unspecified atom stereocenters. The van der Waals surface area contributed by atoms with Gasteiger partial charge in [0, 0.05) is 9.35 Å². The van der Waals surface area contributed by atoms with Gasteiger partial charge >= 0.3 is 0 Å². The van der Waals surface area contributed by atoms with Crippen LogP contribution < -0.4 is 5.32 Å². The first-order valence-corrected chi connectivity index (χ1v) is 9.17. The molecule has 1 aromatic carbocycles. The molecular weight excluding hydrogens is 398 g/mol. The summed E-state index contributed by atoms with van der Waals surface area (Å²) >= 11 is 9.06. The van der Waals surface area contributed by atoms with Crippen LogP contribution in [-0.4, -0.2) is 6.54 Å². The van der Waals surface area contributed by atoms with Gasteiger partial charge in [-0.1, -0.05) is 28.9 Å². The average Bonchev–Trinajstić information content (AvgIpc) is 2.69. The van der Waals surface area contributed by atoms with E-state index in [1.807, 2.05) is 11.3 Å². The summed E-state index contributed by atoms with van der Waals surface area (Å²) in [5.74, 6) is 0. The zero-order chi connectivity index (χ0) is 14.7. The van der Waals surface area contributed by atoms with Crippen LogP contribution in [-0.2, 0) is 0 Å². The number of hydrogen-bond donors (Lipinski definition) is 1. The van der Waals surface area contributed by atoms with Crippen molar-refractivity contribution in [1.29, 1.82) is 0 Å². The Morgan fingerprint density at radius 1 is 1.15 bits per heavy atom. The Balaban J connectivity index is 2.40. The molecule has 0 aliphatic rings. The molecule has 108 valence electrons. The molecule has 20 heavy (non-hydrogen) atoms. The van der Waals surface area contributed by atoms with E-state index in [1.165, 1.54) is 25.4 Å². The molecule has 0 aliphatic heterocycles. The van der Waals surface area contributed by atoms with E-state index in [-0.39, 0.29) is 6.04 Å². The molecule has 0 saturated heterocycles. The Bertz CT molecular complexity index is 552. The van der Waals surface area contributed by atoms with Gasteiger partial charge in [-0.25, -0.2) is 0 Å². The third-order valence-corrected chi connectivity index (χ3v) is 5.82. The number of hydrogen-bond acceptors (Lipinski definition) is 2. The number of benzene rings is 1. The van der Waals surface area contributed by atoms with Gasteiger partial charge in [-0.2, -0.15) is 0 Å². The Morgan fingerprint density at radius 3 is 2.45 bits per heavy atom. The van der Waals surface area contributed by atoms with Gasteiger partial charge in [0.25, 0.3) is 0 Å². The maximum absolute atomic E-state index is 3.67. The standard InChI is InChI=1S/C16H19Br2NS/c1-4-5-19-15(14-8-11(3)16(18)20-14)12-6-10(2)7-13(17)9-12/h6-9,15,19H,4-5H2,1-3H3. The SMILES string of the molecule is CCCNC(c1cc(C)cc(Br)c1)c1cc(C)c(Br)s1. The lowest BCUT2D eigenvalue weighted by Gasteiger charge is -2.18. The monoisotopic (exact) mass is 415 g/mol. The molecule has 1 atom stereocenters. The van der Waals surface area contributed by atoms with E-state index in [1.54, 1.807) is 0 Å². The van der Waals surface area contributed by atoms with Crippen molar-refractivity contribution in [2.75, 3.05) is 6.54 Å². The summed E-state index contributed by atoms with van der Waals surface area (Å²) in [4.78, 5) is 1.36. The van der Waals surface area contributed by atoms with Crippen molar-refractivity contribution < 1.29 is 0 Å². The zero-order valence-corrected chi connectivity index (χ0v) is 16.0. The van der Waals surface area contributed by atoms with Crippen LogP contribution in [0.2, 0.25) is 0 Å². The predicted molar refractivity (Wildman–Crippen MR) is 95.8 cm³/mol. The average molecular weight is 417 g/mol. The first-order valence-electron chi connectivity index (χ1n) is 6.77. The highest BCUT2D eigenvalue weighted by Gasteiger charge is 2.17. The summed E-state index contributed by atoms with van der Waals surface area (Å²) in [5.41, 5.74) is 3.91. The second-order valence-electron chi connectivity index (χ2n) is 5.05. The Morgan fingerprint density at radius 2 is 1.90 bits per heavy atom. The Kier molecular flexibility index (Phi) is 5.84. The number of thiophene rings is 1. The van der Waals surface area contributed by atoms with Crippen LogP contribution in [0.1, 0.15) is 41.0 Å². The lowest BCUT2D eigenvalue weighted by molar-refractivity contribution is 0.605. The summed E-state index contributed by atoms with van der Waals surface area (Å²) in [7, 11) is 0. The largest absolute Gasteiger partial charge is 0.306 e. The van der Waals surface area contributed by atoms with Gasteiger partial charge in [-0.15, -0.1) is 11.3 Å². The first-order chi connectivity index (χ1) is 9.51. The van der Waals surface area contributed by atoms with Gasteiger partial charge in [0.2, 0.25) is 0 Å². The van der Waals surface area contributed by atoms with E-state index in [0.29, 0.717) is 0 Å². The summed E-state index contributed by atoms with van der Waals surface area (Å²) < 4.78 is 2.37. The molecule has 2 aromatic rings. The molecule has 4 heteroatoms. The highest BCUT2D eigenvalue weighted by molar-refractivity contribution is 9.11. The van der Waals surface area contributed by atoms with E-state index < -0.39 is 0 Å². The van der Waals surface area contributed by atoms with Crippen molar-refractivity contribution in [3.63, 3.8) is 0 Å². The van der Waals surface area contributed by atoms with E-state index >= 15 is 0 Å². The van der Waals surface area contributed by atoms with Gasteiger partial charge in [0.1, 0.15) is 0 Å². The number of rotatable bonds is 5. The van der Waals surface area contributed by atoms with Crippen molar-refractivity contribution in [2.24, 2.45) is 0 Å². The number of halogens is 2. The van der Waals surface area contributed by atoms with Crippen LogP contribution in [0.5, 0.6) is 0 Å². The normalized spacial score (nSPS) is 12.7. The van der Waals surface area contributed by atoms with Crippen LogP contribution in [0.4, 0.5) is 0 Å². The molecule has 1 N–H and O–H groups in total.